The van der Waals surface area contributed by atoms with Gasteiger partial charge in [0.05, 0.1) is 3.92 Å². The summed E-state index contributed by atoms with van der Waals surface area (Å²) in [6.45, 7) is 0. The Bertz CT molecular complexity index is 507. The van der Waals surface area contributed by atoms with Crippen molar-refractivity contribution in [3.63, 3.8) is 0 Å². The molecule has 0 N–H and O–H groups in total. The van der Waals surface area contributed by atoms with Crippen LogP contribution in [-0.2, 0) is 4.79 Å². The van der Waals surface area contributed by atoms with Gasteiger partial charge in [0, 0.05) is 10.5 Å². The van der Waals surface area contributed by atoms with E-state index in [0.717, 1.165) is 23.3 Å². The zero-order valence-electron chi connectivity index (χ0n) is 9.41. The molecule has 1 heterocycles. The molecule has 1 atom stereocenters. The molecule has 0 spiro atoms. The predicted molar refractivity (Wildman–Crippen MR) is 79.6 cm³/mol. The van der Waals surface area contributed by atoms with Crippen LogP contribution in [0, 0.1) is 0 Å². The van der Waals surface area contributed by atoms with Crippen LogP contribution in [-0.4, -0.2) is 5.12 Å². The Kier molecular flexibility index (Phi) is 3.30. The van der Waals surface area contributed by atoms with Gasteiger partial charge in [0.2, 0.25) is 5.12 Å². The molecule has 1 unspecified atom stereocenters. The number of hydrogen-bond donors (Lipinski definition) is 0. The third-order valence-electron chi connectivity index (χ3n) is 3.46. The van der Waals surface area contributed by atoms with Crippen molar-refractivity contribution in [1.29, 1.82) is 0 Å². The van der Waals surface area contributed by atoms with Crippen LogP contribution in [0.4, 0.5) is 0 Å². The van der Waals surface area contributed by atoms with E-state index in [9.17, 15) is 4.79 Å². The summed E-state index contributed by atoms with van der Waals surface area (Å²) in [6.07, 6.45) is 4.49. The minimum Gasteiger partial charge on any atom is -0.282 e. The fourth-order valence-corrected chi connectivity index (χ4v) is 5.02. The number of rotatable bonds is 0. The van der Waals surface area contributed by atoms with E-state index in [0.29, 0.717) is 3.92 Å². The van der Waals surface area contributed by atoms with Crippen LogP contribution in [0.25, 0.3) is 0 Å². The SMILES string of the molecule is O=C1Sc2ccccc2C(I)C2=C1CCCC2. The number of thioether (sulfide) groups is 1. The molecule has 1 aliphatic carbocycles. The maximum atomic E-state index is 12.3. The van der Waals surface area contributed by atoms with E-state index >= 15 is 0 Å². The highest BCUT2D eigenvalue weighted by Crippen LogP contribution is 2.47. The van der Waals surface area contributed by atoms with E-state index in [-0.39, 0.29) is 5.12 Å². The lowest BCUT2D eigenvalue weighted by molar-refractivity contribution is -0.108. The molecule has 17 heavy (non-hydrogen) atoms. The average molecular weight is 356 g/mol. The number of carbonyl (C=O) groups is 1. The van der Waals surface area contributed by atoms with Crippen LogP contribution in [0.3, 0.4) is 0 Å². The number of carbonyl (C=O) groups excluding carboxylic acids is 1. The molecule has 0 saturated heterocycles. The highest BCUT2D eigenvalue weighted by Gasteiger charge is 2.29. The molecule has 0 amide bonds. The van der Waals surface area contributed by atoms with Crippen molar-refractivity contribution in [3.8, 4) is 0 Å². The summed E-state index contributed by atoms with van der Waals surface area (Å²) in [6, 6.07) is 8.33. The van der Waals surface area contributed by atoms with E-state index in [1.165, 1.54) is 35.7 Å². The van der Waals surface area contributed by atoms with Crippen molar-refractivity contribution in [1.82, 2.24) is 0 Å². The van der Waals surface area contributed by atoms with Gasteiger partial charge in [0.15, 0.2) is 0 Å². The van der Waals surface area contributed by atoms with Crippen molar-refractivity contribution in [2.24, 2.45) is 0 Å². The van der Waals surface area contributed by atoms with Gasteiger partial charge in [0.1, 0.15) is 0 Å². The Hall–Kier alpha value is -0.290. The van der Waals surface area contributed by atoms with Crippen molar-refractivity contribution in [3.05, 3.63) is 41.0 Å². The molecule has 2 aliphatic rings. The van der Waals surface area contributed by atoms with Gasteiger partial charge in [-0.3, -0.25) is 4.79 Å². The fraction of sp³-hybridized carbons (Fsp3) is 0.357. The normalized spacial score (nSPS) is 24.1. The third kappa shape index (κ3) is 2.08. The monoisotopic (exact) mass is 356 g/mol. The number of allylic oxidation sites excluding steroid dienone is 1. The van der Waals surface area contributed by atoms with Gasteiger partial charge in [-0.05, 0) is 54.6 Å². The van der Waals surface area contributed by atoms with Crippen LogP contribution in [0.5, 0.6) is 0 Å². The molecule has 3 heteroatoms. The zero-order valence-corrected chi connectivity index (χ0v) is 12.4. The van der Waals surface area contributed by atoms with Crippen molar-refractivity contribution in [2.45, 2.75) is 34.5 Å². The lowest BCUT2D eigenvalue weighted by Gasteiger charge is -2.21. The highest BCUT2D eigenvalue weighted by molar-refractivity contribution is 14.1. The first-order valence-electron chi connectivity index (χ1n) is 5.94. The molecule has 1 aromatic rings. The quantitative estimate of drug-likeness (QED) is 0.497. The van der Waals surface area contributed by atoms with E-state index in [1.54, 1.807) is 0 Å². The summed E-state index contributed by atoms with van der Waals surface area (Å²) >= 11 is 3.91. The molecule has 88 valence electrons. The van der Waals surface area contributed by atoms with Crippen molar-refractivity contribution >= 4 is 39.5 Å². The van der Waals surface area contributed by atoms with E-state index in [1.807, 2.05) is 6.07 Å². The second-order valence-corrected chi connectivity index (χ2v) is 6.76. The van der Waals surface area contributed by atoms with Gasteiger partial charge in [-0.15, -0.1) is 0 Å². The van der Waals surface area contributed by atoms with Gasteiger partial charge in [0.25, 0.3) is 0 Å². The van der Waals surface area contributed by atoms with Crippen LogP contribution >= 0.6 is 34.4 Å². The average Bonchev–Trinajstić information content (AvgIpc) is 2.48. The highest BCUT2D eigenvalue weighted by atomic mass is 127. The maximum absolute atomic E-state index is 12.3. The first-order chi connectivity index (χ1) is 8.27. The summed E-state index contributed by atoms with van der Waals surface area (Å²) in [4.78, 5) is 13.4. The Balaban J connectivity index is 2.14. The van der Waals surface area contributed by atoms with Gasteiger partial charge in [-0.2, -0.15) is 0 Å². The summed E-state index contributed by atoms with van der Waals surface area (Å²) in [5.41, 5.74) is 3.81. The number of halogens is 1. The Labute approximate surface area is 119 Å². The van der Waals surface area contributed by atoms with Gasteiger partial charge in [-0.1, -0.05) is 40.8 Å². The van der Waals surface area contributed by atoms with Gasteiger partial charge >= 0.3 is 0 Å². The molecule has 1 nitrogen and oxygen atoms in total. The largest absolute Gasteiger partial charge is 0.282 e. The Morgan fingerprint density at radius 3 is 2.82 bits per heavy atom. The number of hydrogen-bond acceptors (Lipinski definition) is 2. The fourth-order valence-electron chi connectivity index (χ4n) is 2.57. The second-order valence-electron chi connectivity index (χ2n) is 4.50. The smallest absolute Gasteiger partial charge is 0.220 e. The lowest BCUT2D eigenvalue weighted by atomic mass is 9.88. The molecular formula is C14H13IOS. The van der Waals surface area contributed by atoms with Crippen LogP contribution in [0.1, 0.15) is 35.2 Å². The predicted octanol–water partition coefficient (Wildman–Crippen LogP) is 4.67. The molecule has 1 aliphatic heterocycles. The van der Waals surface area contributed by atoms with E-state index < -0.39 is 0 Å². The zero-order chi connectivity index (χ0) is 11.8. The molecule has 1 aromatic carbocycles. The Morgan fingerprint density at radius 1 is 1.18 bits per heavy atom. The first kappa shape index (κ1) is 11.8. The minimum atomic E-state index is 0.284. The van der Waals surface area contributed by atoms with Gasteiger partial charge in [-0.25, -0.2) is 0 Å². The Morgan fingerprint density at radius 2 is 1.94 bits per heavy atom. The molecule has 0 saturated carbocycles. The third-order valence-corrected chi connectivity index (χ3v) is 5.90. The number of fused-ring (bicyclic) bond motifs is 1. The van der Waals surface area contributed by atoms with Crippen LogP contribution in [0.2, 0.25) is 0 Å². The van der Waals surface area contributed by atoms with Crippen LogP contribution in [0.15, 0.2) is 40.3 Å². The number of alkyl halides is 1. The molecule has 0 bridgehead atoms. The summed E-state index contributed by atoms with van der Waals surface area (Å²) in [7, 11) is 0. The maximum Gasteiger partial charge on any atom is 0.220 e. The first-order valence-corrected chi connectivity index (χ1v) is 8.00. The van der Waals surface area contributed by atoms with E-state index in [2.05, 4.69) is 40.8 Å². The molecule has 0 radical (unpaired) electrons. The number of benzene rings is 1. The topological polar surface area (TPSA) is 17.1 Å². The van der Waals surface area contributed by atoms with Crippen LogP contribution < -0.4 is 0 Å². The van der Waals surface area contributed by atoms with Crippen molar-refractivity contribution < 1.29 is 4.79 Å². The summed E-state index contributed by atoms with van der Waals surface area (Å²) < 4.78 is 0.387. The molecular weight excluding hydrogens is 343 g/mol. The molecule has 3 rings (SSSR count). The van der Waals surface area contributed by atoms with Gasteiger partial charge < -0.3 is 0 Å². The van der Waals surface area contributed by atoms with Crippen molar-refractivity contribution in [2.75, 3.05) is 0 Å². The standard InChI is InChI=1S/C14H13IOS/c15-13-9-5-1-2-6-10(9)14(16)17-12-8-4-3-7-11(12)13/h3-4,7-8,13H,1-2,5-6H2. The minimum absolute atomic E-state index is 0.284. The summed E-state index contributed by atoms with van der Waals surface area (Å²) in [5, 5.41) is 0.284. The lowest BCUT2D eigenvalue weighted by Crippen LogP contribution is -2.07. The van der Waals surface area contributed by atoms with E-state index in [4.69, 9.17) is 0 Å². The second kappa shape index (κ2) is 4.76. The molecule has 0 aromatic heterocycles. The molecule has 0 fully saturated rings. The summed E-state index contributed by atoms with van der Waals surface area (Å²) in [5.74, 6) is 0.